The largest absolute Gasteiger partial charge is 0.465 e. The predicted molar refractivity (Wildman–Crippen MR) is 78.6 cm³/mol. The Morgan fingerprint density at radius 1 is 1.50 bits per heavy atom. The summed E-state index contributed by atoms with van der Waals surface area (Å²) < 4.78 is 32.6. The Morgan fingerprint density at radius 3 is 2.45 bits per heavy atom. The maximum Gasteiger partial charge on any atom is 0.409 e. The number of aromatic nitrogens is 1. The molecule has 1 aliphatic carbocycles. The molecule has 1 aromatic heterocycles. The van der Waals surface area contributed by atoms with Crippen LogP contribution >= 0.6 is 0 Å². The molecule has 1 heterocycles. The number of hydrogen-bond donors (Lipinski definition) is 2. The summed E-state index contributed by atoms with van der Waals surface area (Å²) >= 11 is 0. The number of amides is 1. The molecule has 0 atom stereocenters. The zero-order chi connectivity index (χ0) is 16.8. The average Bonchev–Trinajstić information content (AvgIpc) is 3.02. The molecule has 9 heteroatoms. The van der Waals surface area contributed by atoms with E-state index in [4.69, 9.17) is 4.52 Å². The third-order valence-corrected chi connectivity index (χ3v) is 5.68. The molecule has 2 rings (SSSR count). The van der Waals surface area contributed by atoms with Crippen molar-refractivity contribution in [3.05, 3.63) is 17.5 Å². The van der Waals surface area contributed by atoms with Crippen molar-refractivity contribution in [2.45, 2.75) is 57.5 Å². The lowest BCUT2D eigenvalue weighted by atomic mass is 10.1. The Kier molecular flexibility index (Phi) is 3.99. The van der Waals surface area contributed by atoms with E-state index in [9.17, 15) is 18.3 Å². The van der Waals surface area contributed by atoms with E-state index in [0.717, 1.165) is 4.90 Å². The minimum atomic E-state index is -3.85. The standard InChI is InChI=1S/C13H21N3O5S/c1-9-7-10(15-21-9)8-14-22(19,20)13(5-6-13)16(11(17)18)12(2,3)4/h7,14H,5-6,8H2,1-4H3,(H,17,18). The Hall–Kier alpha value is -1.61. The first kappa shape index (κ1) is 16.8. The molecule has 1 aromatic rings. The quantitative estimate of drug-likeness (QED) is 0.848. The summed E-state index contributed by atoms with van der Waals surface area (Å²) in [5, 5.41) is 13.2. The van der Waals surface area contributed by atoms with E-state index in [0.29, 0.717) is 11.5 Å². The van der Waals surface area contributed by atoms with E-state index in [1.165, 1.54) is 0 Å². The number of hydrogen-bond acceptors (Lipinski definition) is 5. The van der Waals surface area contributed by atoms with E-state index < -0.39 is 26.5 Å². The van der Waals surface area contributed by atoms with Gasteiger partial charge in [-0.3, -0.25) is 4.90 Å². The van der Waals surface area contributed by atoms with Crippen LogP contribution in [0.3, 0.4) is 0 Å². The smallest absolute Gasteiger partial charge is 0.409 e. The maximum atomic E-state index is 12.6. The van der Waals surface area contributed by atoms with Crippen LogP contribution in [-0.2, 0) is 16.6 Å². The number of nitrogens with zero attached hydrogens (tertiary/aromatic N) is 2. The second kappa shape index (κ2) is 5.24. The zero-order valence-electron chi connectivity index (χ0n) is 13.1. The van der Waals surface area contributed by atoms with Gasteiger partial charge in [0, 0.05) is 11.6 Å². The first-order valence-electron chi connectivity index (χ1n) is 6.94. The van der Waals surface area contributed by atoms with Crippen LogP contribution < -0.4 is 4.72 Å². The Bertz CT molecular complexity index is 670. The van der Waals surface area contributed by atoms with Crippen molar-refractivity contribution in [1.82, 2.24) is 14.8 Å². The number of rotatable bonds is 5. The fraction of sp³-hybridized carbons (Fsp3) is 0.692. The first-order valence-corrected chi connectivity index (χ1v) is 8.43. The molecule has 0 bridgehead atoms. The van der Waals surface area contributed by atoms with Crippen molar-refractivity contribution < 1.29 is 22.8 Å². The molecular weight excluding hydrogens is 310 g/mol. The van der Waals surface area contributed by atoms with Crippen LogP contribution in [0.15, 0.2) is 10.6 Å². The second-order valence-electron chi connectivity index (χ2n) is 6.49. The molecule has 1 amide bonds. The van der Waals surface area contributed by atoms with Gasteiger partial charge in [-0.2, -0.15) is 0 Å². The van der Waals surface area contributed by atoms with E-state index in [2.05, 4.69) is 9.88 Å². The number of nitrogens with one attached hydrogen (secondary N) is 1. The van der Waals surface area contributed by atoms with Gasteiger partial charge in [0.15, 0.2) is 4.87 Å². The molecule has 1 saturated carbocycles. The topological polar surface area (TPSA) is 113 Å². The lowest BCUT2D eigenvalue weighted by molar-refractivity contribution is 0.0839. The normalized spacial score (nSPS) is 17.3. The first-order chi connectivity index (χ1) is 9.99. The van der Waals surface area contributed by atoms with Gasteiger partial charge in [-0.25, -0.2) is 17.9 Å². The van der Waals surface area contributed by atoms with Crippen LogP contribution in [0.1, 0.15) is 45.1 Å². The monoisotopic (exact) mass is 331 g/mol. The molecule has 0 unspecified atom stereocenters. The van der Waals surface area contributed by atoms with Crippen molar-refractivity contribution in [2.24, 2.45) is 0 Å². The molecule has 1 aliphatic rings. The highest BCUT2D eigenvalue weighted by molar-refractivity contribution is 7.91. The van der Waals surface area contributed by atoms with Gasteiger partial charge >= 0.3 is 6.09 Å². The van der Waals surface area contributed by atoms with Crippen LogP contribution in [-0.4, -0.2) is 40.1 Å². The molecule has 124 valence electrons. The van der Waals surface area contributed by atoms with E-state index in [1.54, 1.807) is 33.8 Å². The van der Waals surface area contributed by atoms with E-state index in [-0.39, 0.29) is 19.4 Å². The molecule has 22 heavy (non-hydrogen) atoms. The lowest BCUT2D eigenvalue weighted by Crippen LogP contribution is -2.58. The fourth-order valence-corrected chi connectivity index (χ4v) is 4.43. The highest BCUT2D eigenvalue weighted by Gasteiger charge is 2.63. The lowest BCUT2D eigenvalue weighted by Gasteiger charge is -2.39. The van der Waals surface area contributed by atoms with Gasteiger partial charge in [-0.1, -0.05) is 5.16 Å². The number of carbonyl (C=O) groups is 1. The van der Waals surface area contributed by atoms with Gasteiger partial charge in [-0.15, -0.1) is 0 Å². The van der Waals surface area contributed by atoms with Gasteiger partial charge < -0.3 is 9.63 Å². The molecule has 0 radical (unpaired) electrons. The third-order valence-electron chi connectivity index (χ3n) is 3.57. The molecule has 0 saturated heterocycles. The summed E-state index contributed by atoms with van der Waals surface area (Å²) in [6.45, 7) is 6.71. The van der Waals surface area contributed by atoms with Crippen LogP contribution in [0.4, 0.5) is 4.79 Å². The Balaban J connectivity index is 2.22. The molecular formula is C13H21N3O5S. The van der Waals surface area contributed by atoms with Crippen molar-refractivity contribution in [3.8, 4) is 0 Å². The van der Waals surface area contributed by atoms with Crippen LogP contribution in [0.5, 0.6) is 0 Å². The van der Waals surface area contributed by atoms with Crippen LogP contribution in [0.25, 0.3) is 0 Å². The highest BCUT2D eigenvalue weighted by atomic mass is 32.2. The number of sulfonamides is 1. The molecule has 1 fully saturated rings. The minimum absolute atomic E-state index is 0.0287. The van der Waals surface area contributed by atoms with Crippen LogP contribution in [0.2, 0.25) is 0 Å². The summed E-state index contributed by atoms with van der Waals surface area (Å²) in [5.74, 6) is 0.581. The van der Waals surface area contributed by atoms with E-state index in [1.807, 2.05) is 0 Å². The third kappa shape index (κ3) is 2.95. The number of carboxylic acid groups (broad SMARTS) is 1. The van der Waals surface area contributed by atoms with Crippen molar-refractivity contribution in [1.29, 1.82) is 0 Å². The molecule has 0 spiro atoms. The predicted octanol–water partition coefficient (Wildman–Crippen LogP) is 1.67. The van der Waals surface area contributed by atoms with Gasteiger partial charge in [0.05, 0.1) is 12.2 Å². The average molecular weight is 331 g/mol. The van der Waals surface area contributed by atoms with Gasteiger partial charge in [0.2, 0.25) is 10.0 Å². The summed E-state index contributed by atoms with van der Waals surface area (Å²) in [6, 6.07) is 1.63. The molecule has 0 aromatic carbocycles. The maximum absolute atomic E-state index is 12.6. The second-order valence-corrected chi connectivity index (χ2v) is 8.54. The summed E-state index contributed by atoms with van der Waals surface area (Å²) in [6.07, 6.45) is -0.680. The van der Waals surface area contributed by atoms with Crippen molar-refractivity contribution in [2.75, 3.05) is 0 Å². The fourth-order valence-electron chi connectivity index (χ4n) is 2.60. The van der Waals surface area contributed by atoms with Gasteiger partial charge in [-0.05, 0) is 40.5 Å². The molecule has 2 N–H and O–H groups in total. The minimum Gasteiger partial charge on any atom is -0.465 e. The summed E-state index contributed by atoms with van der Waals surface area (Å²) in [7, 11) is -3.85. The Morgan fingerprint density at radius 2 is 2.09 bits per heavy atom. The Labute approximate surface area is 129 Å². The van der Waals surface area contributed by atoms with Gasteiger partial charge in [0.25, 0.3) is 0 Å². The van der Waals surface area contributed by atoms with Crippen LogP contribution in [0, 0.1) is 6.92 Å². The summed E-state index contributed by atoms with van der Waals surface area (Å²) in [5.41, 5.74) is -0.365. The highest BCUT2D eigenvalue weighted by Crippen LogP contribution is 2.49. The number of aryl methyl sites for hydroxylation is 1. The van der Waals surface area contributed by atoms with Crippen molar-refractivity contribution >= 4 is 16.1 Å². The summed E-state index contributed by atoms with van der Waals surface area (Å²) in [4.78, 5) is 11.2. The molecule has 8 nitrogen and oxygen atoms in total. The SMILES string of the molecule is Cc1cc(CNS(=O)(=O)C2(N(C(=O)O)C(C)(C)C)CC2)no1. The zero-order valence-corrected chi connectivity index (χ0v) is 13.9. The van der Waals surface area contributed by atoms with Gasteiger partial charge in [0.1, 0.15) is 5.76 Å². The van der Waals surface area contributed by atoms with Crippen molar-refractivity contribution in [3.63, 3.8) is 0 Å². The molecule has 0 aliphatic heterocycles. The van der Waals surface area contributed by atoms with E-state index >= 15 is 0 Å².